The van der Waals surface area contributed by atoms with E-state index in [1.807, 2.05) is 0 Å². The van der Waals surface area contributed by atoms with E-state index in [2.05, 4.69) is 36.6 Å². The van der Waals surface area contributed by atoms with Crippen LogP contribution in [0.5, 0.6) is 0 Å². The molecule has 0 saturated carbocycles. The van der Waals surface area contributed by atoms with E-state index in [0.29, 0.717) is 19.3 Å². The van der Waals surface area contributed by atoms with Crippen molar-refractivity contribution in [3.8, 4) is 0 Å². The van der Waals surface area contributed by atoms with Gasteiger partial charge >= 0.3 is 0 Å². The number of nitrogens with one attached hydrogen (secondary N) is 5. The minimum atomic E-state index is -1.10. The van der Waals surface area contributed by atoms with E-state index in [0.717, 1.165) is 6.39 Å². The summed E-state index contributed by atoms with van der Waals surface area (Å²) in [5.41, 5.74) is 16.1. The van der Waals surface area contributed by atoms with Gasteiger partial charge in [-0.05, 0) is 46.0 Å². The largest absolute Gasteiger partial charge is 0.438 e. The zero-order valence-corrected chi connectivity index (χ0v) is 23.4. The molecule has 0 aliphatic rings. The summed E-state index contributed by atoms with van der Waals surface area (Å²) in [4.78, 5) is 80.7. The summed E-state index contributed by atoms with van der Waals surface area (Å²) in [5, 5.41) is 12.6. The predicted molar refractivity (Wildman–Crippen MR) is 147 cm³/mol. The molecule has 41 heavy (non-hydrogen) atoms. The van der Waals surface area contributed by atoms with Crippen LogP contribution in [0.3, 0.4) is 0 Å². The van der Waals surface area contributed by atoms with Crippen molar-refractivity contribution in [2.24, 2.45) is 22.2 Å². The Morgan fingerprint density at radius 3 is 2.05 bits per heavy atom. The highest BCUT2D eigenvalue weighted by Gasteiger charge is 2.28. The monoisotopic (exact) mass is 580 g/mol. The molecule has 0 unspecified atom stereocenters. The average molecular weight is 581 g/mol. The second-order valence-corrected chi connectivity index (χ2v) is 9.24. The molecule has 0 aromatic carbocycles. The van der Waals surface area contributed by atoms with Crippen molar-refractivity contribution in [2.45, 2.75) is 77.0 Å². The maximum absolute atomic E-state index is 13.1. The number of oxazole rings is 1. The number of guanidine groups is 1. The van der Waals surface area contributed by atoms with Gasteiger partial charge in [0.2, 0.25) is 35.3 Å². The second-order valence-electron chi connectivity index (χ2n) is 9.24. The van der Waals surface area contributed by atoms with Gasteiger partial charge in [0.25, 0.3) is 5.91 Å². The first-order chi connectivity index (χ1) is 19.3. The molecule has 1 aromatic rings. The molecule has 11 N–H and O–H groups in total. The first-order valence-corrected chi connectivity index (χ1v) is 13.0. The molecule has 0 aliphatic heterocycles. The van der Waals surface area contributed by atoms with Crippen molar-refractivity contribution in [1.82, 2.24) is 31.6 Å². The zero-order chi connectivity index (χ0) is 30.9. The Labute approximate surface area is 237 Å². The summed E-state index contributed by atoms with van der Waals surface area (Å²) >= 11 is 0. The van der Waals surface area contributed by atoms with E-state index in [9.17, 15) is 28.8 Å². The third kappa shape index (κ3) is 13.8. The van der Waals surface area contributed by atoms with Crippen LogP contribution in [-0.4, -0.2) is 83.6 Å². The van der Waals surface area contributed by atoms with Crippen molar-refractivity contribution < 1.29 is 33.2 Å². The number of nitrogens with two attached hydrogens (primary N) is 3. The smallest absolute Gasteiger partial charge is 0.288 e. The van der Waals surface area contributed by atoms with Crippen molar-refractivity contribution in [2.75, 3.05) is 13.1 Å². The van der Waals surface area contributed by atoms with Gasteiger partial charge in [-0.2, -0.15) is 0 Å². The van der Waals surface area contributed by atoms with Gasteiger partial charge in [-0.3, -0.25) is 33.8 Å². The fourth-order valence-electron chi connectivity index (χ4n) is 3.49. The van der Waals surface area contributed by atoms with Crippen LogP contribution in [0.15, 0.2) is 22.0 Å². The fraction of sp³-hybridized carbons (Fsp3) is 0.583. The molecule has 1 rings (SSSR count). The Hall–Kier alpha value is -4.70. The van der Waals surface area contributed by atoms with Crippen molar-refractivity contribution in [3.63, 3.8) is 0 Å². The summed E-state index contributed by atoms with van der Waals surface area (Å²) in [6, 6.07) is -4.08. The number of nitrogens with zero attached hydrogens (tertiary/aromatic N) is 2. The summed E-state index contributed by atoms with van der Waals surface area (Å²) in [6.45, 7) is 4.59. The van der Waals surface area contributed by atoms with Crippen LogP contribution >= 0.6 is 0 Å². The summed E-state index contributed by atoms with van der Waals surface area (Å²) < 4.78 is 4.90. The van der Waals surface area contributed by atoms with Crippen molar-refractivity contribution in [1.29, 1.82) is 0 Å². The van der Waals surface area contributed by atoms with E-state index in [1.54, 1.807) is 0 Å². The molecule has 1 heterocycles. The second kappa shape index (κ2) is 17.8. The van der Waals surface area contributed by atoms with Gasteiger partial charge in [-0.25, -0.2) is 4.98 Å². The number of amides is 6. The lowest BCUT2D eigenvalue weighted by molar-refractivity contribution is -0.134. The van der Waals surface area contributed by atoms with Gasteiger partial charge in [0.15, 0.2) is 12.4 Å². The zero-order valence-electron chi connectivity index (χ0n) is 23.4. The number of hydrogen-bond donors (Lipinski definition) is 8. The molecule has 17 heteroatoms. The number of hydrogen-bond acceptors (Lipinski definition) is 9. The highest BCUT2D eigenvalue weighted by atomic mass is 16.3. The van der Waals surface area contributed by atoms with E-state index >= 15 is 0 Å². The first kappa shape index (κ1) is 34.3. The van der Waals surface area contributed by atoms with E-state index in [-0.39, 0.29) is 37.7 Å². The van der Waals surface area contributed by atoms with E-state index < -0.39 is 59.6 Å². The van der Waals surface area contributed by atoms with Gasteiger partial charge in [-0.15, -0.1) is 0 Å². The molecular weight excluding hydrogens is 540 g/mol. The third-order valence-corrected chi connectivity index (χ3v) is 5.66. The molecule has 228 valence electrons. The Balaban J connectivity index is 2.73. The fourth-order valence-corrected chi connectivity index (χ4v) is 3.49. The molecule has 0 saturated heterocycles. The van der Waals surface area contributed by atoms with E-state index in [4.69, 9.17) is 21.6 Å². The van der Waals surface area contributed by atoms with Crippen LogP contribution < -0.4 is 43.8 Å². The van der Waals surface area contributed by atoms with Crippen LogP contribution in [0, 0.1) is 0 Å². The van der Waals surface area contributed by atoms with Crippen molar-refractivity contribution in [3.05, 3.63) is 18.4 Å². The van der Waals surface area contributed by atoms with Crippen molar-refractivity contribution >= 4 is 41.4 Å². The van der Waals surface area contributed by atoms with Crippen LogP contribution in [-0.2, 0) is 24.0 Å². The lowest BCUT2D eigenvalue weighted by atomic mass is 10.1. The molecule has 0 spiro atoms. The lowest BCUT2D eigenvalue weighted by Gasteiger charge is -2.24. The van der Waals surface area contributed by atoms with Gasteiger partial charge in [0, 0.05) is 20.0 Å². The highest BCUT2D eigenvalue weighted by molar-refractivity contribution is 5.95. The van der Waals surface area contributed by atoms with Crippen LogP contribution in [0.1, 0.15) is 63.4 Å². The Morgan fingerprint density at radius 1 is 0.854 bits per heavy atom. The molecule has 0 radical (unpaired) electrons. The third-order valence-electron chi connectivity index (χ3n) is 5.66. The number of aromatic nitrogens is 1. The Bertz CT molecular complexity index is 1070. The molecule has 0 bridgehead atoms. The standard InChI is InChI=1S/C24H40N10O7/c1-13(31-15(3)35)20(37)32-14(2)21(38)34-17(8-6-10-30-24(26)27)22(39)33-16(19(25)36)7-4-5-9-29-23(40)18-11-28-12-41-18/h11-14,16-17H,4-10H2,1-3H3,(H2,25,36)(H,29,40)(H,31,35)(H,32,37)(H,33,39)(H,34,38)(H4,26,27,30)/t13-,14-,16-,17-/m0/s1. The van der Waals surface area contributed by atoms with E-state index in [1.165, 1.54) is 27.0 Å². The number of rotatable bonds is 18. The van der Waals surface area contributed by atoms with Gasteiger partial charge in [0.05, 0.1) is 6.20 Å². The predicted octanol–water partition coefficient (Wildman–Crippen LogP) is -2.89. The Kier molecular flexibility index (Phi) is 14.9. The number of primary amides is 1. The first-order valence-electron chi connectivity index (χ1n) is 13.0. The SMILES string of the molecule is CC(=O)N[C@@H](C)C(=O)N[C@@H](C)C(=O)N[C@@H](CCCN=C(N)N)C(=O)N[C@@H](CCCCNC(=O)c1cnco1)C(N)=O. The summed E-state index contributed by atoms with van der Waals surface area (Å²) in [6.07, 6.45) is 3.92. The topological polar surface area (TPSA) is 279 Å². The Morgan fingerprint density at radius 2 is 1.46 bits per heavy atom. The van der Waals surface area contributed by atoms with Gasteiger partial charge in [0.1, 0.15) is 24.2 Å². The number of carbonyl (C=O) groups is 6. The summed E-state index contributed by atoms with van der Waals surface area (Å²) in [7, 11) is 0. The van der Waals surface area contributed by atoms with Gasteiger partial charge < -0.3 is 48.2 Å². The van der Waals surface area contributed by atoms with Gasteiger partial charge in [-0.1, -0.05) is 0 Å². The molecule has 6 amide bonds. The number of aliphatic imine (C=N–C) groups is 1. The number of unbranched alkanes of at least 4 members (excludes halogenated alkanes) is 1. The average Bonchev–Trinajstić information content (AvgIpc) is 3.43. The maximum atomic E-state index is 13.1. The minimum Gasteiger partial charge on any atom is -0.438 e. The number of carbonyl (C=O) groups excluding carboxylic acids is 6. The van der Waals surface area contributed by atoms with Crippen LogP contribution in [0.2, 0.25) is 0 Å². The normalized spacial score (nSPS) is 13.4. The summed E-state index contributed by atoms with van der Waals surface area (Å²) in [5.74, 6) is -3.63. The molecule has 17 nitrogen and oxygen atoms in total. The lowest BCUT2D eigenvalue weighted by Crippen LogP contribution is -2.57. The quantitative estimate of drug-likeness (QED) is 0.0498. The molecular formula is C24H40N10O7. The maximum Gasteiger partial charge on any atom is 0.288 e. The molecule has 4 atom stereocenters. The highest BCUT2D eigenvalue weighted by Crippen LogP contribution is 2.05. The van der Waals surface area contributed by atoms with Crippen LogP contribution in [0.25, 0.3) is 0 Å². The molecule has 1 aromatic heterocycles. The molecule has 0 aliphatic carbocycles. The van der Waals surface area contributed by atoms with Crippen LogP contribution in [0.4, 0.5) is 0 Å². The minimum absolute atomic E-state index is 0.0660. The molecule has 0 fully saturated rings.